The maximum absolute atomic E-state index is 13.1. The summed E-state index contributed by atoms with van der Waals surface area (Å²) in [6.45, 7) is 3.59. The normalized spacial score (nSPS) is 12.4. The molecule has 9 heteroatoms. The van der Waals surface area contributed by atoms with Crippen LogP contribution >= 0.6 is 0 Å². The van der Waals surface area contributed by atoms with E-state index in [1.165, 1.54) is 6.07 Å². The van der Waals surface area contributed by atoms with Gasteiger partial charge >= 0.3 is 6.18 Å². The largest absolute Gasteiger partial charge is 0.454 e. The molecule has 0 aromatic heterocycles. The zero-order valence-electron chi connectivity index (χ0n) is 15.1. The van der Waals surface area contributed by atoms with Crippen LogP contribution in [0, 0.1) is 0 Å². The van der Waals surface area contributed by atoms with Crippen LogP contribution in [-0.4, -0.2) is 25.2 Å². The molecule has 152 valence electrons. The molecule has 6 nitrogen and oxygen atoms in total. The van der Waals surface area contributed by atoms with Crippen molar-refractivity contribution in [3.63, 3.8) is 0 Å². The first-order valence-corrected chi connectivity index (χ1v) is 8.58. The van der Waals surface area contributed by atoms with Crippen LogP contribution in [-0.2, 0) is 17.4 Å². The summed E-state index contributed by atoms with van der Waals surface area (Å²) in [5, 5.41) is 4.82. The van der Waals surface area contributed by atoms with Gasteiger partial charge in [0.25, 0.3) is 5.91 Å². The average Bonchev–Trinajstić information content (AvgIpc) is 3.14. The van der Waals surface area contributed by atoms with Crippen LogP contribution in [0.5, 0.6) is 11.5 Å². The van der Waals surface area contributed by atoms with E-state index in [-0.39, 0.29) is 24.6 Å². The molecule has 2 amide bonds. The number of halogens is 3. The lowest BCUT2D eigenvalue weighted by atomic mass is 10.1. The molecule has 0 saturated carbocycles. The van der Waals surface area contributed by atoms with E-state index in [2.05, 4.69) is 17.2 Å². The Balaban J connectivity index is 1.69. The predicted molar refractivity (Wildman–Crippen MR) is 98.9 cm³/mol. The fourth-order valence-corrected chi connectivity index (χ4v) is 2.71. The topological polar surface area (TPSA) is 76.7 Å². The predicted octanol–water partition coefficient (Wildman–Crippen LogP) is 3.53. The van der Waals surface area contributed by atoms with E-state index in [1.807, 2.05) is 6.07 Å². The molecular weight excluding hydrogens is 389 g/mol. The summed E-state index contributed by atoms with van der Waals surface area (Å²) in [5.41, 5.74) is -0.534. The highest BCUT2D eigenvalue weighted by atomic mass is 19.4. The molecule has 0 spiro atoms. The van der Waals surface area contributed by atoms with Crippen molar-refractivity contribution in [1.29, 1.82) is 0 Å². The molecule has 0 fully saturated rings. The zero-order valence-corrected chi connectivity index (χ0v) is 15.1. The van der Waals surface area contributed by atoms with Crippen molar-refractivity contribution >= 4 is 17.5 Å². The minimum absolute atomic E-state index is 0.148. The molecule has 2 aromatic rings. The zero-order chi connectivity index (χ0) is 21.0. The fourth-order valence-electron chi connectivity index (χ4n) is 2.71. The Kier molecular flexibility index (Phi) is 5.76. The highest BCUT2D eigenvalue weighted by molar-refractivity contribution is 6.01. The molecule has 0 aliphatic carbocycles. The minimum atomic E-state index is -4.67. The SMILES string of the molecule is C=CC(=O)Nc1cc(C(=O)NCCc2ccc3c(c2)OCO3)cc(C(F)(F)F)c1. The maximum Gasteiger partial charge on any atom is 0.416 e. The van der Waals surface area contributed by atoms with Crippen molar-refractivity contribution < 1.29 is 32.2 Å². The van der Waals surface area contributed by atoms with Gasteiger partial charge in [-0.05, 0) is 48.4 Å². The molecule has 2 aromatic carbocycles. The second-order valence-corrected chi connectivity index (χ2v) is 6.18. The van der Waals surface area contributed by atoms with Crippen LogP contribution < -0.4 is 20.1 Å². The number of alkyl halides is 3. The van der Waals surface area contributed by atoms with E-state index < -0.39 is 23.6 Å². The highest BCUT2D eigenvalue weighted by Crippen LogP contribution is 2.33. The molecule has 2 N–H and O–H groups in total. The number of benzene rings is 2. The monoisotopic (exact) mass is 406 g/mol. The van der Waals surface area contributed by atoms with Gasteiger partial charge in [-0.1, -0.05) is 12.6 Å². The van der Waals surface area contributed by atoms with Crippen molar-refractivity contribution in [1.82, 2.24) is 5.32 Å². The van der Waals surface area contributed by atoms with E-state index >= 15 is 0 Å². The van der Waals surface area contributed by atoms with Crippen molar-refractivity contribution in [2.24, 2.45) is 0 Å². The Hall–Kier alpha value is -3.49. The Morgan fingerprint density at radius 1 is 1.10 bits per heavy atom. The van der Waals surface area contributed by atoms with E-state index in [4.69, 9.17) is 9.47 Å². The number of hydrogen-bond acceptors (Lipinski definition) is 4. The fraction of sp³-hybridized carbons (Fsp3) is 0.200. The molecule has 0 radical (unpaired) electrons. The number of amides is 2. The number of carbonyl (C=O) groups is 2. The summed E-state index contributed by atoms with van der Waals surface area (Å²) in [7, 11) is 0. The highest BCUT2D eigenvalue weighted by Gasteiger charge is 2.32. The van der Waals surface area contributed by atoms with Gasteiger partial charge in [0, 0.05) is 17.8 Å². The molecule has 0 unspecified atom stereocenters. The van der Waals surface area contributed by atoms with Gasteiger partial charge < -0.3 is 20.1 Å². The number of rotatable bonds is 6. The number of anilines is 1. The van der Waals surface area contributed by atoms with E-state index in [1.54, 1.807) is 12.1 Å². The summed E-state index contributed by atoms with van der Waals surface area (Å²) in [5.74, 6) is -0.130. The third-order valence-corrected chi connectivity index (χ3v) is 4.11. The first kappa shape index (κ1) is 20.2. The molecular formula is C20H17F3N2O4. The third-order valence-electron chi connectivity index (χ3n) is 4.11. The van der Waals surface area contributed by atoms with Crippen LogP contribution in [0.4, 0.5) is 18.9 Å². The lowest BCUT2D eigenvalue weighted by molar-refractivity contribution is -0.137. The molecule has 0 bridgehead atoms. The minimum Gasteiger partial charge on any atom is -0.454 e. The van der Waals surface area contributed by atoms with Gasteiger partial charge in [0.15, 0.2) is 11.5 Å². The van der Waals surface area contributed by atoms with Crippen LogP contribution in [0.15, 0.2) is 49.1 Å². The van der Waals surface area contributed by atoms with Crippen molar-refractivity contribution in [3.8, 4) is 11.5 Å². The summed E-state index contributed by atoms with van der Waals surface area (Å²) < 4.78 is 49.9. The summed E-state index contributed by atoms with van der Waals surface area (Å²) in [6.07, 6.45) is -3.30. The van der Waals surface area contributed by atoms with Gasteiger partial charge in [-0.3, -0.25) is 9.59 Å². The van der Waals surface area contributed by atoms with Crippen LogP contribution in [0.25, 0.3) is 0 Å². The van der Waals surface area contributed by atoms with Crippen molar-refractivity contribution in [3.05, 3.63) is 65.7 Å². The quantitative estimate of drug-likeness (QED) is 0.720. The van der Waals surface area contributed by atoms with Crippen LogP contribution in [0.3, 0.4) is 0 Å². The molecule has 0 saturated heterocycles. The molecule has 29 heavy (non-hydrogen) atoms. The van der Waals surface area contributed by atoms with Crippen molar-refractivity contribution in [2.75, 3.05) is 18.7 Å². The second kappa shape index (κ2) is 8.26. The molecule has 1 aliphatic rings. The van der Waals surface area contributed by atoms with Gasteiger partial charge in [-0.2, -0.15) is 13.2 Å². The van der Waals surface area contributed by atoms with Gasteiger partial charge in [-0.25, -0.2) is 0 Å². The third kappa shape index (κ3) is 5.07. The van der Waals surface area contributed by atoms with E-state index in [9.17, 15) is 22.8 Å². The van der Waals surface area contributed by atoms with Crippen LogP contribution in [0.2, 0.25) is 0 Å². The molecule has 3 rings (SSSR count). The number of carbonyl (C=O) groups excluding carboxylic acids is 2. The Labute approximate surface area is 164 Å². The molecule has 1 heterocycles. The first-order valence-electron chi connectivity index (χ1n) is 8.58. The Morgan fingerprint density at radius 2 is 1.86 bits per heavy atom. The summed E-state index contributed by atoms with van der Waals surface area (Å²) in [4.78, 5) is 23.8. The Bertz CT molecular complexity index is 957. The van der Waals surface area contributed by atoms with Crippen LogP contribution in [0.1, 0.15) is 21.5 Å². The lowest BCUT2D eigenvalue weighted by Crippen LogP contribution is -2.26. The number of fused-ring (bicyclic) bond motifs is 1. The van der Waals surface area contributed by atoms with Gasteiger partial charge in [0.2, 0.25) is 12.7 Å². The standard InChI is InChI=1S/C20H17F3N2O4/c1-2-18(26)25-15-9-13(8-14(10-15)20(21,22)23)19(27)24-6-5-12-3-4-16-17(7-12)29-11-28-16/h2-4,7-10H,1,5-6,11H2,(H,24,27)(H,25,26). The number of nitrogens with one attached hydrogen (secondary N) is 2. The van der Waals surface area contributed by atoms with E-state index in [0.29, 0.717) is 17.9 Å². The number of ether oxygens (including phenoxy) is 2. The summed E-state index contributed by atoms with van der Waals surface area (Å²) >= 11 is 0. The maximum atomic E-state index is 13.1. The van der Waals surface area contributed by atoms with Gasteiger partial charge in [-0.15, -0.1) is 0 Å². The second-order valence-electron chi connectivity index (χ2n) is 6.18. The summed E-state index contributed by atoms with van der Waals surface area (Å²) in [6, 6.07) is 8.01. The first-order chi connectivity index (χ1) is 13.8. The molecule has 0 atom stereocenters. The van der Waals surface area contributed by atoms with Crippen molar-refractivity contribution in [2.45, 2.75) is 12.6 Å². The number of hydrogen-bond donors (Lipinski definition) is 2. The van der Waals surface area contributed by atoms with Gasteiger partial charge in [0.05, 0.1) is 5.56 Å². The average molecular weight is 406 g/mol. The Morgan fingerprint density at radius 3 is 2.59 bits per heavy atom. The molecule has 1 aliphatic heterocycles. The smallest absolute Gasteiger partial charge is 0.416 e. The lowest BCUT2D eigenvalue weighted by Gasteiger charge is -2.13. The van der Waals surface area contributed by atoms with E-state index in [0.717, 1.165) is 23.8 Å². The van der Waals surface area contributed by atoms with Gasteiger partial charge in [0.1, 0.15) is 0 Å².